The van der Waals surface area contributed by atoms with Gasteiger partial charge in [0.05, 0.1) is 5.69 Å². The highest BCUT2D eigenvalue weighted by molar-refractivity contribution is 5.80. The van der Waals surface area contributed by atoms with Gasteiger partial charge in [-0.2, -0.15) is 0 Å². The summed E-state index contributed by atoms with van der Waals surface area (Å²) in [6.07, 6.45) is 1.34. The first-order valence-corrected chi connectivity index (χ1v) is 6.66. The van der Waals surface area contributed by atoms with Gasteiger partial charge in [-0.25, -0.2) is 4.79 Å². The largest absolute Gasteiger partial charge is 0.457 e. The van der Waals surface area contributed by atoms with Crippen molar-refractivity contribution in [1.29, 1.82) is 0 Å². The van der Waals surface area contributed by atoms with Crippen LogP contribution >= 0.6 is 0 Å². The lowest BCUT2D eigenvalue weighted by molar-refractivity contribution is -0.176. The van der Waals surface area contributed by atoms with Crippen LogP contribution in [0.2, 0.25) is 0 Å². The van der Waals surface area contributed by atoms with Crippen molar-refractivity contribution >= 4 is 11.9 Å². The molecule has 1 unspecified atom stereocenters. The van der Waals surface area contributed by atoms with Crippen LogP contribution in [-0.4, -0.2) is 22.5 Å². The number of rotatable bonds is 5. The highest BCUT2D eigenvalue weighted by Crippen LogP contribution is 2.21. The molecule has 5 nitrogen and oxygen atoms in total. The summed E-state index contributed by atoms with van der Waals surface area (Å²) >= 11 is 0. The SMILES string of the molecule is CCCC(=O)OC(C(=O)OC(C)(C)C)c1ccccn1. The van der Waals surface area contributed by atoms with E-state index in [-0.39, 0.29) is 6.42 Å². The predicted molar refractivity (Wildman–Crippen MR) is 73.8 cm³/mol. The molecular weight excluding hydrogens is 258 g/mol. The first kappa shape index (κ1) is 16.1. The molecule has 0 saturated heterocycles. The molecular formula is C15H21NO4. The van der Waals surface area contributed by atoms with Gasteiger partial charge in [-0.05, 0) is 39.3 Å². The molecule has 0 aromatic carbocycles. The van der Waals surface area contributed by atoms with E-state index in [2.05, 4.69) is 4.98 Å². The van der Waals surface area contributed by atoms with Gasteiger partial charge in [-0.3, -0.25) is 9.78 Å². The minimum absolute atomic E-state index is 0.256. The standard InChI is InChI=1S/C15H21NO4/c1-5-8-12(17)19-13(11-9-6-7-10-16-11)14(18)20-15(2,3)4/h6-7,9-10,13H,5,8H2,1-4H3. The fourth-order valence-corrected chi connectivity index (χ4v) is 1.51. The Morgan fingerprint density at radius 2 is 2.00 bits per heavy atom. The molecule has 110 valence electrons. The number of pyridine rings is 1. The van der Waals surface area contributed by atoms with Crippen molar-refractivity contribution in [2.24, 2.45) is 0 Å². The summed E-state index contributed by atoms with van der Waals surface area (Å²) in [5.74, 6) is -1.05. The van der Waals surface area contributed by atoms with Gasteiger partial charge in [-0.1, -0.05) is 13.0 Å². The molecule has 0 saturated carbocycles. The van der Waals surface area contributed by atoms with E-state index < -0.39 is 23.6 Å². The molecule has 0 fully saturated rings. The van der Waals surface area contributed by atoms with Gasteiger partial charge >= 0.3 is 11.9 Å². The van der Waals surface area contributed by atoms with E-state index in [1.165, 1.54) is 0 Å². The molecule has 1 rings (SSSR count). The van der Waals surface area contributed by atoms with Crippen molar-refractivity contribution in [3.05, 3.63) is 30.1 Å². The lowest BCUT2D eigenvalue weighted by atomic mass is 10.1. The molecule has 1 atom stereocenters. The summed E-state index contributed by atoms with van der Waals surface area (Å²) < 4.78 is 10.5. The van der Waals surface area contributed by atoms with Gasteiger partial charge in [0.2, 0.25) is 6.10 Å². The predicted octanol–water partition coefficient (Wildman–Crippen LogP) is 2.81. The van der Waals surface area contributed by atoms with Crippen LogP contribution in [0.4, 0.5) is 0 Å². The maximum atomic E-state index is 12.2. The number of hydrogen-bond donors (Lipinski definition) is 0. The van der Waals surface area contributed by atoms with Crippen LogP contribution in [0.1, 0.15) is 52.3 Å². The molecule has 0 N–H and O–H groups in total. The lowest BCUT2D eigenvalue weighted by Crippen LogP contribution is -2.30. The van der Waals surface area contributed by atoms with Gasteiger partial charge in [0.1, 0.15) is 5.60 Å². The molecule has 0 bridgehead atoms. The minimum Gasteiger partial charge on any atom is -0.457 e. The zero-order valence-corrected chi connectivity index (χ0v) is 12.4. The Morgan fingerprint density at radius 3 is 2.50 bits per heavy atom. The third kappa shape index (κ3) is 5.38. The van der Waals surface area contributed by atoms with Gasteiger partial charge in [0, 0.05) is 12.6 Å². The quantitative estimate of drug-likeness (QED) is 0.775. The summed E-state index contributed by atoms with van der Waals surface area (Å²) in [6, 6.07) is 5.09. The molecule has 5 heteroatoms. The molecule has 0 aliphatic heterocycles. The smallest absolute Gasteiger partial charge is 0.354 e. The second-order valence-corrected chi connectivity index (χ2v) is 5.41. The van der Waals surface area contributed by atoms with Gasteiger partial charge in [0.15, 0.2) is 0 Å². The molecule has 0 radical (unpaired) electrons. The second-order valence-electron chi connectivity index (χ2n) is 5.41. The molecule has 1 heterocycles. The summed E-state index contributed by atoms with van der Waals surface area (Å²) in [5.41, 5.74) is -0.285. The topological polar surface area (TPSA) is 65.5 Å². The number of hydrogen-bond acceptors (Lipinski definition) is 5. The van der Waals surface area contributed by atoms with E-state index in [9.17, 15) is 9.59 Å². The van der Waals surface area contributed by atoms with E-state index in [1.54, 1.807) is 45.2 Å². The van der Waals surface area contributed by atoms with Gasteiger partial charge < -0.3 is 9.47 Å². The lowest BCUT2D eigenvalue weighted by Gasteiger charge is -2.23. The van der Waals surface area contributed by atoms with Crippen molar-refractivity contribution < 1.29 is 19.1 Å². The first-order valence-electron chi connectivity index (χ1n) is 6.66. The maximum absolute atomic E-state index is 12.2. The van der Waals surface area contributed by atoms with Crippen LogP contribution in [0.25, 0.3) is 0 Å². The molecule has 1 aromatic rings. The summed E-state index contributed by atoms with van der Waals surface area (Å²) in [7, 11) is 0. The molecule has 0 aliphatic carbocycles. The third-order valence-corrected chi connectivity index (χ3v) is 2.28. The van der Waals surface area contributed by atoms with Crippen molar-refractivity contribution in [2.75, 3.05) is 0 Å². The second kappa shape index (κ2) is 7.03. The fourth-order valence-electron chi connectivity index (χ4n) is 1.51. The Bertz CT molecular complexity index is 451. The van der Waals surface area contributed by atoms with Crippen molar-refractivity contribution in [3.63, 3.8) is 0 Å². The van der Waals surface area contributed by atoms with Crippen LogP contribution in [-0.2, 0) is 19.1 Å². The van der Waals surface area contributed by atoms with Crippen LogP contribution in [0, 0.1) is 0 Å². The minimum atomic E-state index is -1.12. The summed E-state index contributed by atoms with van der Waals surface area (Å²) in [6.45, 7) is 7.14. The van der Waals surface area contributed by atoms with Crippen LogP contribution in [0.5, 0.6) is 0 Å². The number of nitrogens with zero attached hydrogens (tertiary/aromatic N) is 1. The maximum Gasteiger partial charge on any atom is 0.354 e. The molecule has 1 aromatic heterocycles. The Labute approximate surface area is 119 Å². The number of ether oxygens (including phenoxy) is 2. The highest BCUT2D eigenvalue weighted by atomic mass is 16.6. The Morgan fingerprint density at radius 1 is 1.30 bits per heavy atom. The number of carbonyl (C=O) groups is 2. The fraction of sp³-hybridized carbons (Fsp3) is 0.533. The van der Waals surface area contributed by atoms with Crippen molar-refractivity contribution in [2.45, 2.75) is 52.2 Å². The molecule has 0 spiro atoms. The van der Waals surface area contributed by atoms with Crippen molar-refractivity contribution in [1.82, 2.24) is 4.98 Å². The van der Waals surface area contributed by atoms with E-state index in [0.717, 1.165) is 0 Å². The monoisotopic (exact) mass is 279 g/mol. The third-order valence-electron chi connectivity index (χ3n) is 2.28. The Balaban J connectivity index is 2.90. The average molecular weight is 279 g/mol. The number of aromatic nitrogens is 1. The Kier molecular flexibility index (Phi) is 5.67. The van der Waals surface area contributed by atoms with E-state index in [0.29, 0.717) is 12.1 Å². The van der Waals surface area contributed by atoms with Crippen LogP contribution < -0.4 is 0 Å². The van der Waals surface area contributed by atoms with Gasteiger partial charge in [0.25, 0.3) is 0 Å². The van der Waals surface area contributed by atoms with Crippen LogP contribution in [0.3, 0.4) is 0 Å². The van der Waals surface area contributed by atoms with Crippen LogP contribution in [0.15, 0.2) is 24.4 Å². The average Bonchev–Trinajstić information content (AvgIpc) is 2.35. The zero-order chi connectivity index (χ0) is 15.2. The normalized spacial score (nSPS) is 12.6. The summed E-state index contributed by atoms with van der Waals surface area (Å²) in [5, 5.41) is 0. The first-order chi connectivity index (χ1) is 9.33. The van der Waals surface area contributed by atoms with E-state index >= 15 is 0 Å². The Hall–Kier alpha value is -1.91. The zero-order valence-electron chi connectivity index (χ0n) is 12.4. The molecule has 0 amide bonds. The molecule has 20 heavy (non-hydrogen) atoms. The van der Waals surface area contributed by atoms with E-state index in [4.69, 9.17) is 9.47 Å². The van der Waals surface area contributed by atoms with Crippen molar-refractivity contribution in [3.8, 4) is 0 Å². The van der Waals surface area contributed by atoms with E-state index in [1.807, 2.05) is 6.92 Å². The highest BCUT2D eigenvalue weighted by Gasteiger charge is 2.30. The number of esters is 2. The summed E-state index contributed by atoms with van der Waals surface area (Å²) in [4.78, 5) is 27.9. The van der Waals surface area contributed by atoms with Gasteiger partial charge in [-0.15, -0.1) is 0 Å². The number of carbonyl (C=O) groups excluding carboxylic acids is 2. The molecule has 0 aliphatic rings.